The maximum atomic E-state index is 5.75. The van der Waals surface area contributed by atoms with E-state index in [0.717, 1.165) is 43.3 Å². The fourth-order valence-electron chi connectivity index (χ4n) is 4.12. The zero-order chi connectivity index (χ0) is 18.8. The summed E-state index contributed by atoms with van der Waals surface area (Å²) in [6.45, 7) is 8.02. The van der Waals surface area contributed by atoms with Gasteiger partial charge in [0.2, 0.25) is 5.88 Å². The summed E-state index contributed by atoms with van der Waals surface area (Å²) in [5.41, 5.74) is 3.55. The number of likely N-dealkylation sites (tertiary alicyclic amines) is 1. The Kier molecular flexibility index (Phi) is 5.16. The predicted octanol–water partition coefficient (Wildman–Crippen LogP) is 3.22. The number of anilines is 1. The molecule has 6 nitrogen and oxygen atoms in total. The average molecular weight is 368 g/mol. The minimum Gasteiger partial charge on any atom is -0.488 e. The van der Waals surface area contributed by atoms with Gasteiger partial charge in [-0.1, -0.05) is 0 Å². The van der Waals surface area contributed by atoms with Gasteiger partial charge in [-0.3, -0.25) is 4.90 Å². The van der Waals surface area contributed by atoms with Crippen LogP contribution in [0, 0.1) is 12.8 Å². The van der Waals surface area contributed by atoms with E-state index in [-0.39, 0.29) is 0 Å². The van der Waals surface area contributed by atoms with Crippen molar-refractivity contribution in [1.82, 2.24) is 14.9 Å². The Labute approximate surface area is 160 Å². The zero-order valence-electron chi connectivity index (χ0n) is 16.4. The first kappa shape index (κ1) is 18.0. The van der Waals surface area contributed by atoms with Gasteiger partial charge in [0.05, 0.1) is 13.7 Å². The fourth-order valence-corrected chi connectivity index (χ4v) is 4.12. The molecule has 2 aliphatic heterocycles. The van der Waals surface area contributed by atoms with Gasteiger partial charge in [-0.25, -0.2) is 9.97 Å². The summed E-state index contributed by atoms with van der Waals surface area (Å²) in [7, 11) is 1.68. The highest BCUT2D eigenvalue weighted by molar-refractivity contribution is 5.52. The van der Waals surface area contributed by atoms with Crippen LogP contribution in [0.1, 0.15) is 36.2 Å². The number of pyridine rings is 2. The molecule has 0 amide bonds. The SMILES string of the molecule is COc1cc(C[C@H]2CCN(C(C)c3cnc4c(c3)OCCN4)C2)cc(C)n1. The molecule has 6 heteroatoms. The smallest absolute Gasteiger partial charge is 0.213 e. The molecule has 4 heterocycles. The molecule has 0 spiro atoms. The van der Waals surface area contributed by atoms with Gasteiger partial charge in [0, 0.05) is 30.5 Å². The van der Waals surface area contributed by atoms with Crippen LogP contribution in [0.15, 0.2) is 24.4 Å². The van der Waals surface area contributed by atoms with Gasteiger partial charge in [0.1, 0.15) is 6.61 Å². The first-order valence-corrected chi connectivity index (χ1v) is 9.74. The number of fused-ring (bicyclic) bond motifs is 1. The molecule has 0 radical (unpaired) electrons. The summed E-state index contributed by atoms with van der Waals surface area (Å²) < 4.78 is 11.1. The zero-order valence-corrected chi connectivity index (χ0v) is 16.4. The second kappa shape index (κ2) is 7.72. The van der Waals surface area contributed by atoms with Crippen LogP contribution in [0.25, 0.3) is 0 Å². The lowest BCUT2D eigenvalue weighted by atomic mass is 9.99. The number of methoxy groups -OCH3 is 1. The minimum absolute atomic E-state index is 0.340. The van der Waals surface area contributed by atoms with Crippen molar-refractivity contribution in [1.29, 1.82) is 0 Å². The highest BCUT2D eigenvalue weighted by Crippen LogP contribution is 2.33. The Hall–Kier alpha value is -2.34. The normalized spacial score (nSPS) is 20.5. The molecule has 1 unspecified atom stereocenters. The second-order valence-electron chi connectivity index (χ2n) is 7.58. The van der Waals surface area contributed by atoms with Crippen LogP contribution in [-0.4, -0.2) is 48.2 Å². The van der Waals surface area contributed by atoms with Crippen LogP contribution in [0.4, 0.5) is 5.82 Å². The molecule has 1 N–H and O–H groups in total. The number of rotatable bonds is 5. The summed E-state index contributed by atoms with van der Waals surface area (Å²) in [5.74, 6) is 3.10. The van der Waals surface area contributed by atoms with Crippen molar-refractivity contribution in [2.75, 3.05) is 38.7 Å². The predicted molar refractivity (Wildman–Crippen MR) is 106 cm³/mol. The highest BCUT2D eigenvalue weighted by atomic mass is 16.5. The van der Waals surface area contributed by atoms with Crippen molar-refractivity contribution in [2.24, 2.45) is 5.92 Å². The fraction of sp³-hybridized carbons (Fsp3) is 0.524. The lowest BCUT2D eigenvalue weighted by Gasteiger charge is -2.26. The lowest BCUT2D eigenvalue weighted by molar-refractivity contribution is 0.250. The molecular weight excluding hydrogens is 340 g/mol. The van der Waals surface area contributed by atoms with E-state index >= 15 is 0 Å². The van der Waals surface area contributed by atoms with Crippen LogP contribution in [0.5, 0.6) is 11.6 Å². The second-order valence-corrected chi connectivity index (χ2v) is 7.58. The maximum Gasteiger partial charge on any atom is 0.213 e. The van der Waals surface area contributed by atoms with E-state index in [1.807, 2.05) is 13.1 Å². The van der Waals surface area contributed by atoms with Gasteiger partial charge in [0.25, 0.3) is 0 Å². The van der Waals surface area contributed by atoms with Gasteiger partial charge in [-0.15, -0.1) is 0 Å². The van der Waals surface area contributed by atoms with E-state index in [1.165, 1.54) is 17.5 Å². The molecule has 0 saturated carbocycles. The molecule has 2 atom stereocenters. The number of aryl methyl sites for hydroxylation is 1. The van der Waals surface area contributed by atoms with E-state index in [9.17, 15) is 0 Å². The largest absolute Gasteiger partial charge is 0.488 e. The standard InChI is InChI=1S/C21H28N4O2/c1-14-8-17(10-20(24-14)26-3)9-16-4-6-25(13-16)15(2)18-11-19-21(23-12-18)22-5-7-27-19/h8,10-12,15-16H,4-7,9,13H2,1-3H3,(H,22,23)/t15?,16-/m1/s1. The number of hydrogen-bond acceptors (Lipinski definition) is 6. The third-order valence-corrected chi connectivity index (χ3v) is 5.60. The van der Waals surface area contributed by atoms with Crippen molar-refractivity contribution in [3.05, 3.63) is 41.2 Å². The Bertz CT molecular complexity index is 811. The number of ether oxygens (including phenoxy) is 2. The van der Waals surface area contributed by atoms with Crippen molar-refractivity contribution in [3.8, 4) is 11.6 Å². The summed E-state index contributed by atoms with van der Waals surface area (Å²) in [5, 5.41) is 3.28. The molecule has 1 fully saturated rings. The van der Waals surface area contributed by atoms with Gasteiger partial charge in [0.15, 0.2) is 11.6 Å². The maximum absolute atomic E-state index is 5.75. The number of nitrogens with zero attached hydrogens (tertiary/aromatic N) is 3. The summed E-state index contributed by atoms with van der Waals surface area (Å²) in [6, 6.07) is 6.72. The summed E-state index contributed by atoms with van der Waals surface area (Å²) in [6.07, 6.45) is 4.26. The molecule has 1 saturated heterocycles. The Morgan fingerprint density at radius 2 is 2.26 bits per heavy atom. The van der Waals surface area contributed by atoms with Crippen LogP contribution in [0.3, 0.4) is 0 Å². The van der Waals surface area contributed by atoms with Gasteiger partial charge < -0.3 is 14.8 Å². The quantitative estimate of drug-likeness (QED) is 0.874. The third kappa shape index (κ3) is 4.00. The molecule has 4 rings (SSSR count). The van der Waals surface area contributed by atoms with Crippen molar-refractivity contribution in [2.45, 2.75) is 32.7 Å². The molecule has 144 valence electrons. The number of nitrogens with one attached hydrogen (secondary N) is 1. The van der Waals surface area contributed by atoms with Crippen LogP contribution >= 0.6 is 0 Å². The monoisotopic (exact) mass is 368 g/mol. The molecule has 0 bridgehead atoms. The molecule has 0 aliphatic carbocycles. The first-order chi connectivity index (χ1) is 13.1. The number of aromatic nitrogens is 2. The number of hydrogen-bond donors (Lipinski definition) is 1. The van der Waals surface area contributed by atoms with Gasteiger partial charge >= 0.3 is 0 Å². The van der Waals surface area contributed by atoms with Crippen LogP contribution in [0.2, 0.25) is 0 Å². The Morgan fingerprint density at radius 1 is 1.37 bits per heavy atom. The van der Waals surface area contributed by atoms with Crippen LogP contribution < -0.4 is 14.8 Å². The molecule has 27 heavy (non-hydrogen) atoms. The molecule has 2 aromatic rings. The van der Waals surface area contributed by atoms with Crippen LogP contribution in [-0.2, 0) is 6.42 Å². The average Bonchev–Trinajstić information content (AvgIpc) is 3.15. The van der Waals surface area contributed by atoms with E-state index in [4.69, 9.17) is 9.47 Å². The Morgan fingerprint density at radius 3 is 3.11 bits per heavy atom. The Balaban J connectivity index is 1.41. The van der Waals surface area contributed by atoms with Gasteiger partial charge in [-0.05, 0) is 62.4 Å². The molecule has 0 aromatic carbocycles. The summed E-state index contributed by atoms with van der Waals surface area (Å²) >= 11 is 0. The van der Waals surface area contributed by atoms with E-state index in [0.29, 0.717) is 24.4 Å². The molecule has 2 aromatic heterocycles. The topological polar surface area (TPSA) is 59.5 Å². The van der Waals surface area contributed by atoms with Crippen molar-refractivity contribution >= 4 is 5.82 Å². The van der Waals surface area contributed by atoms with Crippen molar-refractivity contribution < 1.29 is 9.47 Å². The summed E-state index contributed by atoms with van der Waals surface area (Å²) in [4.78, 5) is 11.5. The highest BCUT2D eigenvalue weighted by Gasteiger charge is 2.28. The van der Waals surface area contributed by atoms with E-state index in [1.54, 1.807) is 7.11 Å². The third-order valence-electron chi connectivity index (χ3n) is 5.60. The molecule has 2 aliphatic rings. The van der Waals surface area contributed by atoms with Crippen molar-refractivity contribution in [3.63, 3.8) is 0 Å². The molecular formula is C21H28N4O2. The van der Waals surface area contributed by atoms with E-state index < -0.39 is 0 Å². The lowest BCUT2D eigenvalue weighted by Crippen LogP contribution is -2.26. The van der Waals surface area contributed by atoms with E-state index in [2.05, 4.69) is 45.3 Å². The minimum atomic E-state index is 0.340. The first-order valence-electron chi connectivity index (χ1n) is 9.74. The van der Waals surface area contributed by atoms with Gasteiger partial charge in [-0.2, -0.15) is 0 Å².